The van der Waals surface area contributed by atoms with Gasteiger partial charge in [-0.3, -0.25) is 4.79 Å². The zero-order chi connectivity index (χ0) is 22.3. The van der Waals surface area contributed by atoms with Gasteiger partial charge in [0.2, 0.25) is 15.9 Å². The third-order valence-electron chi connectivity index (χ3n) is 6.17. The van der Waals surface area contributed by atoms with E-state index in [4.69, 9.17) is 0 Å². The minimum Gasteiger partial charge on any atom is -0.366 e. The van der Waals surface area contributed by atoms with Crippen molar-refractivity contribution in [2.75, 3.05) is 36.0 Å². The van der Waals surface area contributed by atoms with Gasteiger partial charge in [-0.2, -0.15) is 4.31 Å². The summed E-state index contributed by atoms with van der Waals surface area (Å²) in [5.74, 6) is 0.0183. The molecule has 2 aliphatic rings. The van der Waals surface area contributed by atoms with Crippen LogP contribution < -0.4 is 9.80 Å². The van der Waals surface area contributed by atoms with E-state index in [2.05, 4.69) is 52.9 Å². The highest BCUT2D eigenvalue weighted by atomic mass is 79.9. The number of benzene rings is 2. The van der Waals surface area contributed by atoms with Crippen molar-refractivity contribution in [1.29, 1.82) is 0 Å². The van der Waals surface area contributed by atoms with Crippen LogP contribution in [0.1, 0.15) is 31.4 Å². The van der Waals surface area contributed by atoms with Crippen LogP contribution in [0.2, 0.25) is 0 Å². The van der Waals surface area contributed by atoms with Crippen LogP contribution in [0.3, 0.4) is 0 Å². The summed E-state index contributed by atoms with van der Waals surface area (Å²) in [6, 6.07) is 11.9. The van der Waals surface area contributed by atoms with Crippen LogP contribution in [0.5, 0.6) is 0 Å². The Morgan fingerprint density at radius 2 is 1.94 bits per heavy atom. The fraction of sp³-hybridized carbons (Fsp3) is 0.435. The van der Waals surface area contributed by atoms with E-state index in [-0.39, 0.29) is 16.8 Å². The number of carbonyl (C=O) groups excluding carboxylic acids is 1. The Morgan fingerprint density at radius 1 is 1.16 bits per heavy atom. The van der Waals surface area contributed by atoms with Gasteiger partial charge in [0.15, 0.2) is 0 Å². The second kappa shape index (κ2) is 8.56. The SMILES string of the molecule is CCC(=O)N1CCc2cc(Br)c(S(=O)(=O)N3CCN(c4cccc(C)c4)[C@@H](C)C3)cc21. The van der Waals surface area contributed by atoms with E-state index in [0.717, 1.165) is 23.4 Å². The molecule has 4 rings (SSSR count). The van der Waals surface area contributed by atoms with Crippen LogP contribution >= 0.6 is 15.9 Å². The molecule has 1 atom stereocenters. The minimum atomic E-state index is -3.70. The highest BCUT2D eigenvalue weighted by Gasteiger charge is 2.35. The third kappa shape index (κ3) is 4.13. The molecule has 0 bridgehead atoms. The van der Waals surface area contributed by atoms with E-state index in [9.17, 15) is 13.2 Å². The number of rotatable bonds is 4. The molecule has 1 fully saturated rings. The van der Waals surface area contributed by atoms with Gasteiger partial charge < -0.3 is 9.80 Å². The molecular formula is C23H28BrN3O3S. The molecule has 0 saturated carbocycles. The molecule has 0 radical (unpaired) electrons. The fourth-order valence-corrected chi connectivity index (χ4v) is 7.09. The Bertz CT molecular complexity index is 1120. The lowest BCUT2D eigenvalue weighted by Gasteiger charge is -2.40. The predicted octanol–water partition coefficient (Wildman–Crippen LogP) is 3.96. The maximum absolute atomic E-state index is 13.6. The highest BCUT2D eigenvalue weighted by Crippen LogP contribution is 2.37. The van der Waals surface area contributed by atoms with Gasteiger partial charge in [0.25, 0.3) is 0 Å². The summed E-state index contributed by atoms with van der Waals surface area (Å²) >= 11 is 3.48. The normalized spacial score (nSPS) is 19.5. The summed E-state index contributed by atoms with van der Waals surface area (Å²) in [5.41, 5.74) is 4.04. The standard InChI is InChI=1S/C23H28BrN3O3S/c1-4-23(28)27-9-8-18-13-20(24)22(14-21(18)27)31(29,30)25-10-11-26(17(3)15-25)19-7-5-6-16(2)12-19/h5-7,12-14,17H,4,8-11,15H2,1-3H3/t17-/m0/s1. The zero-order valence-electron chi connectivity index (χ0n) is 18.1. The van der Waals surface area contributed by atoms with Crippen molar-refractivity contribution in [3.05, 3.63) is 52.0 Å². The number of hydrogen-bond donors (Lipinski definition) is 0. The first-order valence-electron chi connectivity index (χ1n) is 10.7. The first-order chi connectivity index (χ1) is 14.7. The number of sulfonamides is 1. The number of carbonyl (C=O) groups is 1. The van der Waals surface area contributed by atoms with Gasteiger partial charge in [0.05, 0.1) is 4.90 Å². The second-order valence-corrected chi connectivity index (χ2v) is 11.1. The van der Waals surface area contributed by atoms with Crippen molar-refractivity contribution in [3.8, 4) is 0 Å². The average molecular weight is 506 g/mol. The van der Waals surface area contributed by atoms with Gasteiger partial charge in [-0.05, 0) is 71.6 Å². The van der Waals surface area contributed by atoms with Gasteiger partial charge in [0.1, 0.15) is 0 Å². The topological polar surface area (TPSA) is 60.9 Å². The molecule has 2 aromatic carbocycles. The molecule has 31 heavy (non-hydrogen) atoms. The molecule has 166 valence electrons. The first kappa shape index (κ1) is 22.3. The number of nitrogens with zero attached hydrogens (tertiary/aromatic N) is 3. The maximum atomic E-state index is 13.6. The summed E-state index contributed by atoms with van der Waals surface area (Å²) in [6.07, 6.45) is 1.14. The molecule has 1 amide bonds. The quantitative estimate of drug-likeness (QED) is 0.630. The maximum Gasteiger partial charge on any atom is 0.244 e. The molecule has 6 nitrogen and oxygen atoms in total. The summed E-state index contributed by atoms with van der Waals surface area (Å²) in [5, 5.41) is 0. The molecule has 2 heterocycles. The van der Waals surface area contributed by atoms with Crippen molar-refractivity contribution in [3.63, 3.8) is 0 Å². The van der Waals surface area contributed by atoms with E-state index in [0.29, 0.717) is 37.1 Å². The summed E-state index contributed by atoms with van der Waals surface area (Å²) < 4.78 is 29.3. The van der Waals surface area contributed by atoms with Crippen molar-refractivity contribution >= 4 is 43.2 Å². The zero-order valence-corrected chi connectivity index (χ0v) is 20.5. The molecular weight excluding hydrogens is 478 g/mol. The fourth-order valence-electron chi connectivity index (χ4n) is 4.51. The number of fused-ring (bicyclic) bond motifs is 1. The molecule has 2 aliphatic heterocycles. The Morgan fingerprint density at radius 3 is 2.61 bits per heavy atom. The van der Waals surface area contributed by atoms with Crippen molar-refractivity contribution in [2.24, 2.45) is 0 Å². The van der Waals surface area contributed by atoms with Crippen LogP contribution in [0.15, 0.2) is 45.8 Å². The third-order valence-corrected chi connectivity index (χ3v) is 9.00. The van der Waals surface area contributed by atoms with Gasteiger partial charge in [-0.1, -0.05) is 19.1 Å². The summed E-state index contributed by atoms with van der Waals surface area (Å²) in [6.45, 7) is 8.01. The van der Waals surface area contributed by atoms with E-state index in [1.54, 1.807) is 15.3 Å². The molecule has 0 spiro atoms. The number of halogens is 1. The largest absolute Gasteiger partial charge is 0.366 e. The summed E-state index contributed by atoms with van der Waals surface area (Å²) in [4.78, 5) is 16.5. The lowest BCUT2D eigenvalue weighted by Crippen LogP contribution is -2.53. The van der Waals surface area contributed by atoms with Crippen LogP contribution in [0.25, 0.3) is 0 Å². The second-order valence-electron chi connectivity index (χ2n) is 8.30. The van der Waals surface area contributed by atoms with E-state index in [1.807, 2.05) is 19.1 Å². The van der Waals surface area contributed by atoms with Gasteiger partial charge >= 0.3 is 0 Å². The highest BCUT2D eigenvalue weighted by molar-refractivity contribution is 9.10. The number of aryl methyl sites for hydroxylation is 1. The first-order valence-corrected chi connectivity index (χ1v) is 12.9. The Kier molecular flexibility index (Phi) is 6.16. The smallest absolute Gasteiger partial charge is 0.244 e. The van der Waals surface area contributed by atoms with E-state index in [1.165, 1.54) is 5.56 Å². The van der Waals surface area contributed by atoms with Gasteiger partial charge in [0, 0.05) is 54.5 Å². The number of amides is 1. The molecule has 0 N–H and O–H groups in total. The lowest BCUT2D eigenvalue weighted by molar-refractivity contribution is -0.118. The Balaban J connectivity index is 1.61. The number of anilines is 2. The van der Waals surface area contributed by atoms with Crippen molar-refractivity contribution in [2.45, 2.75) is 44.6 Å². The number of hydrogen-bond acceptors (Lipinski definition) is 4. The van der Waals surface area contributed by atoms with Crippen LogP contribution in [-0.2, 0) is 21.2 Å². The molecule has 8 heteroatoms. The Labute approximate surface area is 193 Å². The van der Waals surface area contributed by atoms with Crippen molar-refractivity contribution < 1.29 is 13.2 Å². The van der Waals surface area contributed by atoms with Crippen molar-refractivity contribution in [1.82, 2.24) is 4.31 Å². The van der Waals surface area contributed by atoms with Crippen LogP contribution in [0, 0.1) is 6.92 Å². The van der Waals surface area contributed by atoms with Crippen LogP contribution in [0.4, 0.5) is 11.4 Å². The number of piperazine rings is 1. The average Bonchev–Trinajstić information content (AvgIpc) is 3.15. The predicted molar refractivity (Wildman–Crippen MR) is 127 cm³/mol. The van der Waals surface area contributed by atoms with E-state index < -0.39 is 10.0 Å². The molecule has 2 aromatic rings. The molecule has 1 saturated heterocycles. The van der Waals surface area contributed by atoms with Gasteiger partial charge in [-0.15, -0.1) is 0 Å². The summed E-state index contributed by atoms with van der Waals surface area (Å²) in [7, 11) is -3.70. The molecule has 0 aromatic heterocycles. The van der Waals surface area contributed by atoms with E-state index >= 15 is 0 Å². The minimum absolute atomic E-state index is 0.0183. The Hall–Kier alpha value is -1.90. The monoisotopic (exact) mass is 505 g/mol. The van der Waals surface area contributed by atoms with Crippen LogP contribution in [-0.4, -0.2) is 50.9 Å². The molecule has 0 unspecified atom stereocenters. The molecule has 0 aliphatic carbocycles. The van der Waals surface area contributed by atoms with Gasteiger partial charge in [-0.25, -0.2) is 8.42 Å². The lowest BCUT2D eigenvalue weighted by atomic mass is 10.1.